The predicted molar refractivity (Wildman–Crippen MR) is 80.6 cm³/mol. The van der Waals surface area contributed by atoms with Gasteiger partial charge < -0.3 is 15.4 Å². The topological polar surface area (TPSA) is 62.7 Å². The molecule has 2 atom stereocenters. The molecule has 0 aromatic rings. The molecule has 0 fully saturated rings. The van der Waals surface area contributed by atoms with E-state index >= 15 is 0 Å². The highest BCUT2D eigenvalue weighted by molar-refractivity contribution is 8.13. The summed E-state index contributed by atoms with van der Waals surface area (Å²) >= 11 is 1.69. The van der Waals surface area contributed by atoms with Gasteiger partial charge in [0.05, 0.1) is 12.6 Å². The number of carbonyl (C=O) groups is 1. The van der Waals surface area contributed by atoms with Gasteiger partial charge in [-0.25, -0.2) is 0 Å². The second-order valence-electron chi connectivity index (χ2n) is 5.03. The Morgan fingerprint density at radius 3 is 2.89 bits per heavy atom. The largest absolute Gasteiger partial charge is 0.383 e. The monoisotopic (exact) mass is 287 g/mol. The van der Waals surface area contributed by atoms with E-state index in [9.17, 15) is 4.79 Å². The molecule has 0 spiro atoms. The zero-order valence-electron chi connectivity index (χ0n) is 12.2. The molecule has 1 aliphatic rings. The third kappa shape index (κ3) is 5.82. The zero-order chi connectivity index (χ0) is 14.3. The lowest BCUT2D eigenvalue weighted by molar-refractivity contribution is -0.122. The van der Waals surface area contributed by atoms with Gasteiger partial charge in [-0.2, -0.15) is 0 Å². The highest BCUT2D eigenvalue weighted by Crippen LogP contribution is 2.21. The summed E-state index contributed by atoms with van der Waals surface area (Å²) in [5.41, 5.74) is 0. The van der Waals surface area contributed by atoms with Crippen LogP contribution in [0.15, 0.2) is 4.99 Å². The molecule has 0 aromatic heterocycles. The van der Waals surface area contributed by atoms with Crippen LogP contribution < -0.4 is 10.6 Å². The quantitative estimate of drug-likeness (QED) is 0.722. The Bertz CT molecular complexity index is 321. The number of amidine groups is 1. The number of carbonyl (C=O) groups excluding carboxylic acids is 1. The van der Waals surface area contributed by atoms with Crippen LogP contribution in [0.1, 0.15) is 27.2 Å². The Kier molecular flexibility index (Phi) is 7.23. The lowest BCUT2D eigenvalue weighted by Gasteiger charge is -2.25. The summed E-state index contributed by atoms with van der Waals surface area (Å²) in [6, 6.07) is 0.0986. The number of hydrogen-bond acceptors (Lipinski definition) is 5. The normalized spacial score (nSPS) is 20.9. The SMILES string of the molecule is COCCNC(=O)C(C)NC1=NC(C(C)C)CCS1. The van der Waals surface area contributed by atoms with Crippen molar-refractivity contribution in [3.63, 3.8) is 0 Å². The highest BCUT2D eigenvalue weighted by atomic mass is 32.2. The summed E-state index contributed by atoms with van der Waals surface area (Å²) in [5.74, 6) is 1.59. The average Bonchev–Trinajstić information content (AvgIpc) is 2.39. The number of methoxy groups -OCH3 is 1. The molecule has 2 unspecified atom stereocenters. The minimum atomic E-state index is -0.269. The highest BCUT2D eigenvalue weighted by Gasteiger charge is 2.21. The smallest absolute Gasteiger partial charge is 0.242 e. The van der Waals surface area contributed by atoms with E-state index in [0.717, 1.165) is 17.3 Å². The van der Waals surface area contributed by atoms with E-state index in [4.69, 9.17) is 4.74 Å². The first kappa shape index (κ1) is 16.3. The maximum Gasteiger partial charge on any atom is 0.242 e. The zero-order valence-corrected chi connectivity index (χ0v) is 13.0. The van der Waals surface area contributed by atoms with Crippen LogP contribution in [0.25, 0.3) is 0 Å². The summed E-state index contributed by atoms with van der Waals surface area (Å²) in [7, 11) is 1.62. The van der Waals surface area contributed by atoms with Gasteiger partial charge in [0.2, 0.25) is 5.91 Å². The van der Waals surface area contributed by atoms with Crippen molar-refractivity contribution in [1.29, 1.82) is 0 Å². The van der Waals surface area contributed by atoms with Gasteiger partial charge in [-0.15, -0.1) is 0 Å². The lowest BCUT2D eigenvalue weighted by Crippen LogP contribution is -2.45. The number of nitrogens with one attached hydrogen (secondary N) is 2. The fraction of sp³-hybridized carbons (Fsp3) is 0.846. The molecule has 0 aromatic carbocycles. The standard InChI is InChI=1S/C13H25N3O2S/c1-9(2)11-5-8-19-13(16-11)15-10(3)12(17)14-6-7-18-4/h9-11H,5-8H2,1-4H3,(H,14,17)(H,15,16). The summed E-state index contributed by atoms with van der Waals surface area (Å²) < 4.78 is 4.90. The molecule has 0 saturated carbocycles. The molecule has 1 amide bonds. The Labute approximate surface area is 120 Å². The number of ether oxygens (including phenoxy) is 1. The van der Waals surface area contributed by atoms with E-state index in [1.165, 1.54) is 0 Å². The van der Waals surface area contributed by atoms with Crippen molar-refractivity contribution in [2.45, 2.75) is 39.3 Å². The van der Waals surface area contributed by atoms with Crippen LogP contribution in [0.2, 0.25) is 0 Å². The number of amides is 1. The van der Waals surface area contributed by atoms with Crippen molar-refractivity contribution >= 4 is 22.8 Å². The van der Waals surface area contributed by atoms with Crippen LogP contribution in [-0.2, 0) is 9.53 Å². The molecule has 5 nitrogen and oxygen atoms in total. The molecule has 2 N–H and O–H groups in total. The van der Waals surface area contributed by atoms with Crippen LogP contribution in [-0.4, -0.2) is 49.2 Å². The second-order valence-corrected chi connectivity index (χ2v) is 6.12. The Morgan fingerprint density at radius 2 is 2.26 bits per heavy atom. The van der Waals surface area contributed by atoms with Gasteiger partial charge in [0.25, 0.3) is 0 Å². The van der Waals surface area contributed by atoms with Crippen molar-refractivity contribution in [3.8, 4) is 0 Å². The van der Waals surface area contributed by atoms with E-state index in [-0.39, 0.29) is 11.9 Å². The average molecular weight is 287 g/mol. The van der Waals surface area contributed by atoms with Crippen molar-refractivity contribution in [2.24, 2.45) is 10.9 Å². The third-order valence-corrected chi connectivity index (χ3v) is 3.98. The predicted octanol–water partition coefficient (Wildman–Crippen LogP) is 1.24. The first-order valence-electron chi connectivity index (χ1n) is 6.78. The Balaban J connectivity index is 2.42. The number of hydrogen-bond donors (Lipinski definition) is 2. The third-order valence-electron chi connectivity index (χ3n) is 3.04. The second kappa shape index (κ2) is 8.43. The fourth-order valence-corrected chi connectivity index (χ4v) is 2.79. The van der Waals surface area contributed by atoms with E-state index < -0.39 is 0 Å². The first-order chi connectivity index (χ1) is 9.04. The Morgan fingerprint density at radius 1 is 1.53 bits per heavy atom. The number of nitrogens with zero attached hydrogens (tertiary/aromatic N) is 1. The maximum atomic E-state index is 11.8. The molecule has 1 heterocycles. The fourth-order valence-electron chi connectivity index (χ4n) is 1.77. The minimum absolute atomic E-state index is 0.0213. The molecular formula is C13H25N3O2S. The molecule has 0 aliphatic carbocycles. The molecule has 0 radical (unpaired) electrons. The van der Waals surface area contributed by atoms with Crippen molar-refractivity contribution in [3.05, 3.63) is 0 Å². The summed E-state index contributed by atoms with van der Waals surface area (Å²) in [6.45, 7) is 7.29. The van der Waals surface area contributed by atoms with E-state index in [1.54, 1.807) is 18.9 Å². The van der Waals surface area contributed by atoms with Crippen LogP contribution in [0.4, 0.5) is 0 Å². The summed E-state index contributed by atoms with van der Waals surface area (Å²) in [4.78, 5) is 16.5. The molecular weight excluding hydrogens is 262 g/mol. The van der Waals surface area contributed by atoms with E-state index in [0.29, 0.717) is 25.1 Å². The number of rotatable bonds is 6. The number of thioether (sulfide) groups is 1. The number of aliphatic imine (C=N–C) groups is 1. The molecule has 1 rings (SSSR count). The van der Waals surface area contributed by atoms with Crippen LogP contribution in [0.3, 0.4) is 0 Å². The van der Waals surface area contributed by atoms with Crippen LogP contribution >= 0.6 is 11.8 Å². The molecule has 6 heteroatoms. The summed E-state index contributed by atoms with van der Waals surface area (Å²) in [5, 5.41) is 6.89. The maximum absolute atomic E-state index is 11.8. The molecule has 110 valence electrons. The van der Waals surface area contributed by atoms with Gasteiger partial charge in [0.1, 0.15) is 6.04 Å². The first-order valence-corrected chi connectivity index (χ1v) is 7.77. The minimum Gasteiger partial charge on any atom is -0.383 e. The van der Waals surface area contributed by atoms with Gasteiger partial charge in [-0.3, -0.25) is 9.79 Å². The lowest BCUT2D eigenvalue weighted by atomic mass is 10.0. The molecule has 19 heavy (non-hydrogen) atoms. The molecule has 0 saturated heterocycles. The molecule has 1 aliphatic heterocycles. The van der Waals surface area contributed by atoms with E-state index in [1.807, 2.05) is 6.92 Å². The van der Waals surface area contributed by atoms with Crippen molar-refractivity contribution < 1.29 is 9.53 Å². The van der Waals surface area contributed by atoms with Crippen LogP contribution in [0, 0.1) is 5.92 Å². The van der Waals surface area contributed by atoms with Gasteiger partial charge >= 0.3 is 0 Å². The van der Waals surface area contributed by atoms with Crippen molar-refractivity contribution in [2.75, 3.05) is 26.0 Å². The van der Waals surface area contributed by atoms with Gasteiger partial charge in [0, 0.05) is 19.4 Å². The molecule has 0 bridgehead atoms. The van der Waals surface area contributed by atoms with Crippen molar-refractivity contribution in [1.82, 2.24) is 10.6 Å². The summed E-state index contributed by atoms with van der Waals surface area (Å²) in [6.07, 6.45) is 1.11. The Hall–Kier alpha value is -0.750. The van der Waals surface area contributed by atoms with Gasteiger partial charge in [-0.1, -0.05) is 25.6 Å². The van der Waals surface area contributed by atoms with Gasteiger partial charge in [-0.05, 0) is 19.3 Å². The van der Waals surface area contributed by atoms with Crippen LogP contribution in [0.5, 0.6) is 0 Å². The van der Waals surface area contributed by atoms with E-state index in [2.05, 4.69) is 29.5 Å². The van der Waals surface area contributed by atoms with Gasteiger partial charge in [0.15, 0.2) is 5.17 Å².